The highest BCUT2D eigenvalue weighted by atomic mass is 32.2. The van der Waals surface area contributed by atoms with Gasteiger partial charge < -0.3 is 24.8 Å². The van der Waals surface area contributed by atoms with E-state index >= 15 is 0 Å². The summed E-state index contributed by atoms with van der Waals surface area (Å²) >= 11 is 0. The van der Waals surface area contributed by atoms with Crippen LogP contribution in [0.4, 0.5) is 5.69 Å². The quantitative estimate of drug-likeness (QED) is 0.385. The van der Waals surface area contributed by atoms with E-state index in [0.29, 0.717) is 28.3 Å². The lowest BCUT2D eigenvalue weighted by Gasteiger charge is -2.33. The van der Waals surface area contributed by atoms with E-state index in [1.165, 1.54) is 43.0 Å². The number of anilines is 1. The van der Waals surface area contributed by atoms with E-state index in [2.05, 4.69) is 10.3 Å². The zero-order valence-electron chi connectivity index (χ0n) is 24.1. The molecule has 2 N–H and O–H groups in total. The van der Waals surface area contributed by atoms with Crippen LogP contribution in [-0.2, 0) is 21.2 Å². The zero-order valence-corrected chi connectivity index (χ0v) is 24.9. The van der Waals surface area contributed by atoms with Crippen molar-refractivity contribution in [2.45, 2.75) is 37.3 Å². The lowest BCUT2D eigenvalue weighted by Crippen LogP contribution is -2.48. The van der Waals surface area contributed by atoms with Crippen LogP contribution in [0.2, 0.25) is 0 Å². The molecule has 1 aliphatic rings. The minimum Gasteiger partial charge on any atom is -0.497 e. The van der Waals surface area contributed by atoms with Crippen molar-refractivity contribution >= 4 is 27.5 Å². The number of ether oxygens (including phenoxy) is 2. The summed E-state index contributed by atoms with van der Waals surface area (Å²) < 4.78 is 39.6. The predicted octanol–water partition coefficient (Wildman–Crippen LogP) is 2.81. The molecule has 3 aromatic rings. The van der Waals surface area contributed by atoms with Gasteiger partial charge in [0.15, 0.2) is 0 Å². The van der Waals surface area contributed by atoms with E-state index in [1.54, 1.807) is 54.3 Å². The van der Waals surface area contributed by atoms with Gasteiger partial charge in [0.2, 0.25) is 15.9 Å². The number of hydrogen-bond acceptors (Lipinski definition) is 8. The summed E-state index contributed by atoms with van der Waals surface area (Å²) in [5.41, 5.74) is 1.43. The van der Waals surface area contributed by atoms with Crippen molar-refractivity contribution in [3.8, 4) is 11.5 Å². The number of benzene rings is 2. The van der Waals surface area contributed by atoms with Crippen LogP contribution < -0.4 is 14.8 Å². The number of methoxy groups -OCH3 is 1. The Bertz CT molecular complexity index is 1500. The number of carbonyl (C=O) groups is 2. The number of nitrogens with zero attached hydrogens (tertiary/aromatic N) is 3. The first kappa shape index (κ1) is 30.9. The average Bonchev–Trinajstić information content (AvgIpc) is 3.04. The number of pyridine rings is 1. The van der Waals surface area contributed by atoms with Gasteiger partial charge in [0.05, 0.1) is 37.6 Å². The van der Waals surface area contributed by atoms with Gasteiger partial charge in [0, 0.05) is 48.7 Å². The highest BCUT2D eigenvalue weighted by molar-refractivity contribution is 7.89. The normalized spacial score (nSPS) is 18.2. The number of carbonyl (C=O) groups excluding carboxylic acids is 2. The number of aliphatic hydroxyl groups excluding tert-OH is 1. The fourth-order valence-corrected chi connectivity index (χ4v) is 5.89. The van der Waals surface area contributed by atoms with Gasteiger partial charge >= 0.3 is 0 Å². The molecule has 0 bridgehead atoms. The molecule has 2 aromatic carbocycles. The van der Waals surface area contributed by atoms with Crippen LogP contribution in [0.3, 0.4) is 0 Å². The lowest BCUT2D eigenvalue weighted by molar-refractivity contribution is -0.134. The summed E-state index contributed by atoms with van der Waals surface area (Å²) in [6.45, 7) is 3.67. The molecule has 224 valence electrons. The Kier molecular flexibility index (Phi) is 9.81. The predicted molar refractivity (Wildman–Crippen MR) is 157 cm³/mol. The molecule has 2 heterocycles. The van der Waals surface area contributed by atoms with Crippen LogP contribution in [0.15, 0.2) is 71.9 Å². The number of likely N-dealkylation sites (N-methyl/N-ethyl adjacent to an activating group) is 1. The van der Waals surface area contributed by atoms with E-state index in [0.717, 1.165) is 0 Å². The maximum Gasteiger partial charge on any atom is 0.255 e. The van der Waals surface area contributed by atoms with Gasteiger partial charge in [-0.15, -0.1) is 0 Å². The minimum absolute atomic E-state index is 0.00500. The largest absolute Gasteiger partial charge is 0.497 e. The molecule has 0 saturated heterocycles. The Balaban J connectivity index is 1.64. The molecule has 1 aromatic heterocycles. The fourth-order valence-electron chi connectivity index (χ4n) is 4.71. The number of aromatic nitrogens is 1. The third-order valence-electron chi connectivity index (χ3n) is 7.32. The summed E-state index contributed by atoms with van der Waals surface area (Å²) in [5.74, 6) is 0.107. The van der Waals surface area contributed by atoms with Gasteiger partial charge in [-0.25, -0.2) is 8.42 Å². The van der Waals surface area contributed by atoms with E-state index in [9.17, 15) is 23.1 Å². The van der Waals surface area contributed by atoms with E-state index in [4.69, 9.17) is 9.47 Å². The van der Waals surface area contributed by atoms with E-state index < -0.39 is 22.2 Å². The molecule has 0 unspecified atom stereocenters. The molecule has 0 fully saturated rings. The van der Waals surface area contributed by atoms with Crippen molar-refractivity contribution < 1.29 is 32.6 Å². The van der Waals surface area contributed by atoms with E-state index in [-0.39, 0.29) is 48.7 Å². The number of hydrogen-bond donors (Lipinski definition) is 2. The molecule has 12 heteroatoms. The van der Waals surface area contributed by atoms with Crippen molar-refractivity contribution in [1.29, 1.82) is 0 Å². The second-order valence-corrected chi connectivity index (χ2v) is 12.4. The Morgan fingerprint density at radius 2 is 1.88 bits per heavy atom. The molecule has 4 rings (SSSR count). The molecule has 0 aliphatic carbocycles. The van der Waals surface area contributed by atoms with Crippen LogP contribution in [-0.4, -0.2) is 85.5 Å². The summed E-state index contributed by atoms with van der Waals surface area (Å²) in [7, 11) is -0.868. The van der Waals surface area contributed by atoms with E-state index in [1.807, 2.05) is 6.92 Å². The molecule has 3 atom stereocenters. The molecule has 0 spiro atoms. The maximum atomic E-state index is 13.5. The summed E-state index contributed by atoms with van der Waals surface area (Å²) in [4.78, 5) is 31.8. The van der Waals surface area contributed by atoms with Crippen LogP contribution >= 0.6 is 0 Å². The number of rotatable bonds is 9. The molecule has 0 saturated carbocycles. The highest BCUT2D eigenvalue weighted by Gasteiger charge is 2.33. The smallest absolute Gasteiger partial charge is 0.255 e. The summed E-state index contributed by atoms with van der Waals surface area (Å²) in [6, 6.07) is 13.9. The molecule has 0 radical (unpaired) electrons. The number of fused-ring (bicyclic) bond motifs is 1. The molecular weight excluding hydrogens is 560 g/mol. The third kappa shape index (κ3) is 7.07. The minimum atomic E-state index is -3.86. The average molecular weight is 597 g/mol. The van der Waals surface area contributed by atoms with Gasteiger partial charge in [-0.05, 0) is 61.5 Å². The second kappa shape index (κ2) is 13.3. The Morgan fingerprint density at radius 3 is 2.52 bits per heavy atom. The van der Waals surface area contributed by atoms with Gasteiger partial charge in [-0.1, -0.05) is 6.92 Å². The van der Waals surface area contributed by atoms with Crippen LogP contribution in [0.25, 0.3) is 0 Å². The number of nitrogens with one attached hydrogen (secondary N) is 1. The number of amides is 2. The monoisotopic (exact) mass is 596 g/mol. The van der Waals surface area contributed by atoms with Crippen molar-refractivity contribution in [2.24, 2.45) is 5.92 Å². The van der Waals surface area contributed by atoms with Crippen LogP contribution in [0.5, 0.6) is 11.5 Å². The molecular formula is C30H36N4O7S. The first-order valence-electron chi connectivity index (χ1n) is 13.5. The first-order chi connectivity index (χ1) is 20.0. The number of sulfonamides is 1. The van der Waals surface area contributed by atoms with Crippen molar-refractivity contribution in [1.82, 2.24) is 14.2 Å². The second-order valence-electron chi connectivity index (χ2n) is 10.4. The van der Waals surface area contributed by atoms with Crippen molar-refractivity contribution in [3.63, 3.8) is 0 Å². The topological polar surface area (TPSA) is 138 Å². The fraction of sp³-hybridized carbons (Fsp3) is 0.367. The lowest BCUT2D eigenvalue weighted by atomic mass is 10.0. The van der Waals surface area contributed by atoms with Gasteiger partial charge in [-0.2, -0.15) is 4.31 Å². The van der Waals surface area contributed by atoms with Gasteiger partial charge in [0.1, 0.15) is 17.6 Å². The Hall–Kier alpha value is -4.00. The molecule has 1 aliphatic heterocycles. The number of aliphatic hydroxyl groups is 1. The first-order valence-corrected chi connectivity index (χ1v) is 15.0. The van der Waals surface area contributed by atoms with Crippen molar-refractivity contribution in [3.05, 3.63) is 78.1 Å². The molecule has 11 nitrogen and oxygen atoms in total. The zero-order chi connectivity index (χ0) is 30.4. The van der Waals surface area contributed by atoms with Gasteiger partial charge in [0.25, 0.3) is 5.91 Å². The summed E-state index contributed by atoms with van der Waals surface area (Å²) in [5, 5.41) is 12.7. The Morgan fingerprint density at radius 1 is 1.19 bits per heavy atom. The highest BCUT2D eigenvalue weighted by Crippen LogP contribution is 2.30. The third-order valence-corrected chi connectivity index (χ3v) is 9.16. The van der Waals surface area contributed by atoms with Crippen LogP contribution in [0, 0.1) is 5.92 Å². The SMILES string of the molecule is COc1ccc(S(=O)(=O)N(C)C[C@H]2Oc3ccc(NC(=O)c4ccncc4)cc3CC(=O)N([C@H](C)CO)C[C@@H]2C)cc1. The maximum absolute atomic E-state index is 13.5. The van der Waals surface area contributed by atoms with Crippen molar-refractivity contribution in [2.75, 3.05) is 39.2 Å². The summed E-state index contributed by atoms with van der Waals surface area (Å²) in [6.07, 6.45) is 2.38. The standard InChI is InChI=1S/C30H36N4O7S/c1-20-17-34(21(2)19-35)29(36)16-23-15-24(32-30(37)22-11-13-31-14-12-22)5-10-27(23)41-28(20)18-33(3)42(38,39)26-8-6-25(40-4)7-9-26/h5-15,20-21,28,35H,16-19H2,1-4H3,(H,32,37)/t20-,21+,28+/m0/s1. The Labute approximate surface area is 246 Å². The van der Waals surface area contributed by atoms with Gasteiger partial charge in [-0.3, -0.25) is 14.6 Å². The molecule has 42 heavy (non-hydrogen) atoms. The van der Waals surface area contributed by atoms with Crippen LogP contribution in [0.1, 0.15) is 29.8 Å². The molecule has 2 amide bonds.